The van der Waals surface area contributed by atoms with E-state index in [1.807, 2.05) is 6.92 Å². The molecule has 4 aromatic rings. The molecule has 50 heavy (non-hydrogen) atoms. The quantitative estimate of drug-likeness (QED) is 0.0944. The summed E-state index contributed by atoms with van der Waals surface area (Å²) in [6, 6.07) is 22.6. The van der Waals surface area contributed by atoms with Crippen molar-refractivity contribution < 1.29 is 4.74 Å². The number of benzene rings is 4. The lowest BCUT2D eigenvalue weighted by Crippen LogP contribution is -2.45. The Morgan fingerprint density at radius 1 is 0.560 bits per heavy atom. The first-order valence-electron chi connectivity index (χ1n) is 18.9. The van der Waals surface area contributed by atoms with Crippen molar-refractivity contribution >= 4 is 59.6 Å². The van der Waals surface area contributed by atoms with Crippen molar-refractivity contribution in [2.45, 2.75) is 92.7 Å². The Bertz CT molecular complexity index is 2060. The van der Waals surface area contributed by atoms with Gasteiger partial charge in [-0.25, -0.2) is 0 Å². The smallest absolute Gasteiger partial charge is 0.207 e. The Balaban J connectivity index is 1.20. The number of hydrogen-bond acceptors (Lipinski definition) is 1. The first kappa shape index (κ1) is 35.2. The van der Waals surface area contributed by atoms with Crippen molar-refractivity contribution in [3.05, 3.63) is 111 Å². The maximum absolute atomic E-state index is 6.30. The number of unbranched alkanes of at least 4 members (excludes halogenated alkanes) is 7. The second-order valence-corrected chi connectivity index (χ2v) is 14.3. The molecule has 4 aromatic carbocycles. The zero-order valence-corrected chi connectivity index (χ0v) is 31.0. The second-order valence-electron chi connectivity index (χ2n) is 14.3. The van der Waals surface area contributed by atoms with Gasteiger partial charge in [0, 0.05) is 11.1 Å². The van der Waals surface area contributed by atoms with Crippen LogP contribution in [0.1, 0.15) is 115 Å². The van der Waals surface area contributed by atoms with Gasteiger partial charge < -0.3 is 4.74 Å². The van der Waals surface area contributed by atoms with E-state index in [1.54, 1.807) is 0 Å². The van der Waals surface area contributed by atoms with E-state index in [0.29, 0.717) is 13.3 Å². The maximum atomic E-state index is 6.30. The molecule has 0 N–H and O–H groups in total. The molecule has 0 aliphatic carbocycles. The molecule has 2 aliphatic heterocycles. The molecule has 0 spiro atoms. The molecule has 0 radical (unpaired) electrons. The van der Waals surface area contributed by atoms with Crippen LogP contribution in [0.5, 0.6) is 5.75 Å². The van der Waals surface area contributed by atoms with E-state index in [0.717, 1.165) is 34.4 Å². The molecule has 0 amide bonds. The zero-order chi connectivity index (χ0) is 35.0. The van der Waals surface area contributed by atoms with Gasteiger partial charge in [-0.3, -0.25) is 0 Å². The van der Waals surface area contributed by atoms with E-state index in [4.69, 9.17) is 4.74 Å². The molecule has 6 rings (SSSR count). The molecule has 0 bridgehead atoms. The Kier molecular flexibility index (Phi) is 11.6. The number of aryl methyl sites for hydroxylation is 2. The molecule has 0 saturated carbocycles. The third-order valence-corrected chi connectivity index (χ3v) is 10.6. The monoisotopic (exact) mass is 652 g/mol. The fourth-order valence-electron chi connectivity index (χ4n) is 7.56. The molecule has 0 atom stereocenters. The summed E-state index contributed by atoms with van der Waals surface area (Å²) in [5.41, 5.74) is 16.1. The van der Waals surface area contributed by atoms with Crippen LogP contribution in [-0.2, 0) is 0 Å². The third-order valence-electron chi connectivity index (χ3n) is 10.6. The summed E-state index contributed by atoms with van der Waals surface area (Å²) in [5, 5.41) is 0. The highest BCUT2D eigenvalue weighted by atomic mass is 16.5. The van der Waals surface area contributed by atoms with Crippen molar-refractivity contribution in [1.29, 1.82) is 0 Å². The molecule has 0 saturated heterocycles. The first-order chi connectivity index (χ1) is 24.4. The van der Waals surface area contributed by atoms with Crippen LogP contribution in [0.3, 0.4) is 0 Å². The average molecular weight is 653 g/mol. The van der Waals surface area contributed by atoms with Crippen LogP contribution >= 0.6 is 0 Å². The van der Waals surface area contributed by atoms with Crippen LogP contribution in [0, 0.1) is 37.5 Å². The minimum absolute atomic E-state index is 0.272. The second kappa shape index (κ2) is 16.4. The molecule has 2 heterocycles. The molecule has 0 fully saturated rings. The Morgan fingerprint density at radius 2 is 1.14 bits per heavy atom. The Morgan fingerprint density at radius 3 is 1.78 bits per heavy atom. The van der Waals surface area contributed by atoms with Gasteiger partial charge in [0.25, 0.3) is 0 Å². The van der Waals surface area contributed by atoms with Gasteiger partial charge in [0.15, 0.2) is 0 Å². The highest BCUT2D eigenvalue weighted by Gasteiger charge is 2.26. The van der Waals surface area contributed by atoms with Crippen molar-refractivity contribution in [3.63, 3.8) is 0 Å². The molecule has 0 unspecified atom stereocenters. The number of ether oxygens (including phenoxy) is 1. The Hall–Kier alpha value is -4.59. The van der Waals surface area contributed by atoms with Crippen LogP contribution in [0.15, 0.2) is 60.7 Å². The van der Waals surface area contributed by atoms with E-state index >= 15 is 0 Å². The summed E-state index contributed by atoms with van der Waals surface area (Å²) < 4.78 is 6.30. The van der Waals surface area contributed by atoms with Gasteiger partial charge in [-0.2, -0.15) is 0 Å². The SMILES string of the molecule is CC#Cc1cc(C)c(C#Cc2ccc3c(c2)C=Cc2cc4c(cc2B3C)C=Cc2cc(C)ccc2B4C)cc1OCCCCCCCCCC. The number of rotatable bonds is 10. The van der Waals surface area contributed by atoms with Crippen LogP contribution in [-0.4, -0.2) is 20.0 Å². The van der Waals surface area contributed by atoms with Crippen LogP contribution in [0.4, 0.5) is 0 Å². The normalized spacial score (nSPS) is 12.4. The van der Waals surface area contributed by atoms with Crippen molar-refractivity contribution in [2.75, 3.05) is 6.61 Å². The number of hydrogen-bond donors (Lipinski definition) is 0. The largest absolute Gasteiger partial charge is 0.492 e. The summed E-state index contributed by atoms with van der Waals surface area (Å²) in [6.07, 6.45) is 19.5. The molecule has 0 aromatic heterocycles. The standard InChI is InChI=1S/C47H50B2O/c1-7-9-10-11-12-13-14-15-27-50-47-33-37(35(4)29-42(47)16-8-2)20-18-36-19-26-44-39(30-36)22-24-41-32-45-40(31-46(41)49(44)6)23-21-38-28-34(3)17-25-43(38)48(45)5/h17,19,21-26,28-33H,7,9-15,27H2,1-6H3. The van der Waals surface area contributed by atoms with Gasteiger partial charge in [0.1, 0.15) is 5.75 Å². The number of fused-ring (bicyclic) bond motifs is 4. The van der Waals surface area contributed by atoms with E-state index in [1.165, 1.54) is 94.6 Å². The predicted molar refractivity (Wildman–Crippen MR) is 222 cm³/mol. The van der Waals surface area contributed by atoms with Crippen molar-refractivity contribution in [2.24, 2.45) is 0 Å². The summed E-state index contributed by atoms with van der Waals surface area (Å²) >= 11 is 0. The topological polar surface area (TPSA) is 9.23 Å². The minimum Gasteiger partial charge on any atom is -0.492 e. The van der Waals surface area contributed by atoms with Crippen molar-refractivity contribution in [1.82, 2.24) is 0 Å². The Labute approximate surface area is 302 Å². The van der Waals surface area contributed by atoms with Gasteiger partial charge in [-0.15, -0.1) is 5.92 Å². The molecule has 3 heteroatoms. The molecule has 2 aliphatic rings. The highest BCUT2D eigenvalue weighted by Crippen LogP contribution is 2.24. The van der Waals surface area contributed by atoms with Crippen LogP contribution in [0.2, 0.25) is 13.6 Å². The van der Waals surface area contributed by atoms with Gasteiger partial charge in [-0.05, 0) is 79.3 Å². The maximum Gasteiger partial charge on any atom is 0.207 e. The fourth-order valence-corrected chi connectivity index (χ4v) is 7.56. The summed E-state index contributed by atoms with van der Waals surface area (Å²) in [7, 11) is 0. The summed E-state index contributed by atoms with van der Waals surface area (Å²) in [4.78, 5) is 0. The van der Waals surface area contributed by atoms with Crippen LogP contribution in [0.25, 0.3) is 24.3 Å². The third kappa shape index (κ3) is 8.06. The molecule has 250 valence electrons. The van der Waals surface area contributed by atoms with Gasteiger partial charge in [0.2, 0.25) is 13.4 Å². The zero-order valence-electron chi connectivity index (χ0n) is 31.0. The first-order valence-corrected chi connectivity index (χ1v) is 18.9. The highest BCUT2D eigenvalue weighted by molar-refractivity contribution is 6.87. The van der Waals surface area contributed by atoms with Gasteiger partial charge >= 0.3 is 0 Å². The average Bonchev–Trinajstić information content (AvgIpc) is 3.33. The van der Waals surface area contributed by atoms with E-state index in [2.05, 4.69) is 143 Å². The lowest BCUT2D eigenvalue weighted by molar-refractivity contribution is 0.303. The van der Waals surface area contributed by atoms with Gasteiger partial charge in [-0.1, -0.05) is 171 Å². The molecule has 1 nitrogen and oxygen atoms in total. The minimum atomic E-state index is 0.272. The summed E-state index contributed by atoms with van der Waals surface area (Å²) in [5.74, 6) is 14.1. The summed E-state index contributed by atoms with van der Waals surface area (Å²) in [6.45, 7) is 14.4. The lowest BCUT2D eigenvalue weighted by Gasteiger charge is -2.18. The van der Waals surface area contributed by atoms with Gasteiger partial charge in [0.05, 0.1) is 12.2 Å². The fraction of sp³-hybridized carbons (Fsp3) is 0.319. The molecular weight excluding hydrogens is 602 g/mol. The van der Waals surface area contributed by atoms with E-state index < -0.39 is 0 Å². The van der Waals surface area contributed by atoms with Crippen molar-refractivity contribution in [3.8, 4) is 29.4 Å². The molecular formula is C47H50B2O. The van der Waals surface area contributed by atoms with Crippen LogP contribution < -0.4 is 26.6 Å². The lowest BCUT2D eigenvalue weighted by atomic mass is 9.38. The predicted octanol–water partition coefficient (Wildman–Crippen LogP) is 9.04. The van der Waals surface area contributed by atoms with E-state index in [9.17, 15) is 0 Å². The van der Waals surface area contributed by atoms with E-state index in [-0.39, 0.29) is 6.71 Å².